The molecule has 1 unspecified atom stereocenters. The second kappa shape index (κ2) is 10.5. The molecule has 38 heavy (non-hydrogen) atoms. The third-order valence-corrected chi connectivity index (χ3v) is 7.27. The Bertz CT molecular complexity index is 1480. The van der Waals surface area contributed by atoms with Gasteiger partial charge >= 0.3 is 0 Å². The molecule has 0 fully saturated rings. The molecule has 1 aliphatic rings. The molecule has 4 rings (SSSR count). The fraction of sp³-hybridized carbons (Fsp3) is 0.346. The lowest BCUT2D eigenvalue weighted by atomic mass is 10.0. The molecule has 1 aromatic heterocycles. The third-order valence-electron chi connectivity index (χ3n) is 6.24. The van der Waals surface area contributed by atoms with Crippen LogP contribution in [0.1, 0.15) is 33.3 Å². The van der Waals surface area contributed by atoms with Gasteiger partial charge in [-0.25, -0.2) is 13.1 Å². The molecule has 3 aromatic rings. The molecule has 0 spiro atoms. The molecule has 0 radical (unpaired) electrons. The summed E-state index contributed by atoms with van der Waals surface area (Å²) in [6.07, 6.45) is 0.524. The Morgan fingerprint density at radius 1 is 1.21 bits per heavy atom. The first-order chi connectivity index (χ1) is 17.9. The van der Waals surface area contributed by atoms with E-state index in [0.717, 1.165) is 11.9 Å². The summed E-state index contributed by atoms with van der Waals surface area (Å²) >= 11 is 0. The molecular weight excluding hydrogens is 510 g/mol. The molecule has 0 bridgehead atoms. The minimum absolute atomic E-state index is 0.00304. The van der Waals surface area contributed by atoms with Gasteiger partial charge in [0.1, 0.15) is 11.4 Å². The van der Waals surface area contributed by atoms with Crippen LogP contribution in [0.25, 0.3) is 5.69 Å². The van der Waals surface area contributed by atoms with Gasteiger partial charge < -0.3 is 25.0 Å². The number of anilines is 2. The normalized spacial score (nSPS) is 14.2. The van der Waals surface area contributed by atoms with Crippen LogP contribution < -0.4 is 19.9 Å². The highest BCUT2D eigenvalue weighted by Gasteiger charge is 2.36. The number of carbonyl (C=O) groups is 2. The van der Waals surface area contributed by atoms with Crippen molar-refractivity contribution in [3.8, 4) is 11.4 Å². The number of aliphatic hydroxyl groups excluding tert-OH is 1. The van der Waals surface area contributed by atoms with Gasteiger partial charge in [-0.15, -0.1) is 0 Å². The highest BCUT2D eigenvalue weighted by molar-refractivity contribution is 7.90. The van der Waals surface area contributed by atoms with Crippen molar-refractivity contribution in [2.45, 2.75) is 24.5 Å². The summed E-state index contributed by atoms with van der Waals surface area (Å²) in [6, 6.07) is 12.1. The molecule has 202 valence electrons. The van der Waals surface area contributed by atoms with Crippen molar-refractivity contribution in [2.24, 2.45) is 0 Å². The van der Waals surface area contributed by atoms with E-state index in [2.05, 4.69) is 10.4 Å². The van der Waals surface area contributed by atoms with Crippen molar-refractivity contribution in [3.05, 3.63) is 59.3 Å². The Kier molecular flexibility index (Phi) is 7.47. The minimum atomic E-state index is -3.79. The molecule has 2 N–H and O–H groups in total. The zero-order valence-corrected chi connectivity index (χ0v) is 22.7. The van der Waals surface area contributed by atoms with E-state index in [-0.39, 0.29) is 41.5 Å². The van der Waals surface area contributed by atoms with Gasteiger partial charge in [-0.2, -0.15) is 5.10 Å². The van der Waals surface area contributed by atoms with E-state index < -0.39 is 27.8 Å². The van der Waals surface area contributed by atoms with Gasteiger partial charge in [0.15, 0.2) is 14.9 Å². The van der Waals surface area contributed by atoms with E-state index in [1.165, 1.54) is 24.8 Å². The van der Waals surface area contributed by atoms with Crippen LogP contribution in [0.4, 0.5) is 11.4 Å². The number of carbonyl (C=O) groups excluding carboxylic acids is 2. The number of nitrogens with zero attached hydrogens (tertiary/aromatic N) is 4. The SMILES string of the molecule is COc1ccc(-n2nc(S(C)(=O)=O)c3c2C(=O)N(c2ccc(N(C)C)cc2)CC3)c(C(=O)NCC(C)O)c1. The summed E-state index contributed by atoms with van der Waals surface area (Å²) in [6.45, 7) is 1.80. The number of aromatic nitrogens is 2. The smallest absolute Gasteiger partial charge is 0.277 e. The Morgan fingerprint density at radius 3 is 2.47 bits per heavy atom. The molecule has 0 saturated heterocycles. The second-order valence-electron chi connectivity index (χ2n) is 9.38. The van der Waals surface area contributed by atoms with Crippen LogP contribution in [0.2, 0.25) is 0 Å². The summed E-state index contributed by atoms with van der Waals surface area (Å²) in [7, 11) is 1.50. The average molecular weight is 542 g/mol. The number of sulfone groups is 1. The summed E-state index contributed by atoms with van der Waals surface area (Å²) in [4.78, 5) is 30.5. The number of aliphatic hydroxyl groups is 1. The van der Waals surface area contributed by atoms with E-state index in [0.29, 0.717) is 17.0 Å². The van der Waals surface area contributed by atoms with Crippen LogP contribution in [-0.4, -0.2) is 81.8 Å². The molecule has 12 heteroatoms. The lowest BCUT2D eigenvalue weighted by molar-refractivity contribution is 0.0921. The van der Waals surface area contributed by atoms with Crippen LogP contribution in [0, 0.1) is 0 Å². The molecule has 2 amide bonds. The summed E-state index contributed by atoms with van der Waals surface area (Å²) in [5, 5.41) is 16.4. The Balaban J connectivity index is 1.87. The molecule has 2 heterocycles. The third kappa shape index (κ3) is 5.22. The standard InChI is InChI=1S/C26H31N5O6S/c1-16(32)15-27-24(33)21-14-19(37-4)10-11-22(21)31-23-20(25(28-31)38(5,35)36)12-13-30(26(23)34)18-8-6-17(7-9-18)29(2)3/h6-11,14,16,32H,12-13,15H2,1-5H3,(H,27,33). The van der Waals surface area contributed by atoms with Crippen molar-refractivity contribution in [2.75, 3.05) is 50.4 Å². The molecule has 0 saturated carbocycles. The zero-order valence-electron chi connectivity index (χ0n) is 21.9. The summed E-state index contributed by atoms with van der Waals surface area (Å²) in [5.74, 6) is -0.587. The minimum Gasteiger partial charge on any atom is -0.497 e. The van der Waals surface area contributed by atoms with Crippen molar-refractivity contribution in [1.29, 1.82) is 0 Å². The monoisotopic (exact) mass is 541 g/mol. The highest BCUT2D eigenvalue weighted by atomic mass is 32.2. The first-order valence-electron chi connectivity index (χ1n) is 12.0. The molecule has 2 aromatic carbocycles. The largest absolute Gasteiger partial charge is 0.497 e. The number of hydrogen-bond donors (Lipinski definition) is 2. The first-order valence-corrected chi connectivity index (χ1v) is 13.9. The fourth-order valence-corrected chi connectivity index (χ4v) is 5.20. The highest BCUT2D eigenvalue weighted by Crippen LogP contribution is 2.33. The lowest BCUT2D eigenvalue weighted by Crippen LogP contribution is -2.39. The van der Waals surface area contributed by atoms with Crippen LogP contribution in [0.15, 0.2) is 47.5 Å². The second-order valence-corrected chi connectivity index (χ2v) is 11.3. The van der Waals surface area contributed by atoms with E-state index in [1.54, 1.807) is 17.0 Å². The number of rotatable bonds is 8. The topological polar surface area (TPSA) is 134 Å². The van der Waals surface area contributed by atoms with Gasteiger partial charge in [0.25, 0.3) is 11.8 Å². The number of hydrogen-bond acceptors (Lipinski definition) is 8. The molecular formula is C26H31N5O6S. The number of methoxy groups -OCH3 is 1. The average Bonchev–Trinajstić information content (AvgIpc) is 3.28. The Morgan fingerprint density at radius 2 is 1.89 bits per heavy atom. The number of fused-ring (bicyclic) bond motifs is 1. The zero-order chi connectivity index (χ0) is 27.8. The maximum atomic E-state index is 13.9. The van der Waals surface area contributed by atoms with Crippen LogP contribution in [0.3, 0.4) is 0 Å². The van der Waals surface area contributed by atoms with Crippen molar-refractivity contribution < 1.29 is 27.9 Å². The van der Waals surface area contributed by atoms with Crippen molar-refractivity contribution in [3.63, 3.8) is 0 Å². The van der Waals surface area contributed by atoms with Crippen molar-refractivity contribution >= 4 is 33.0 Å². The Hall–Kier alpha value is -3.90. The molecule has 0 aliphatic carbocycles. The van der Waals surface area contributed by atoms with E-state index in [1.807, 2.05) is 43.3 Å². The van der Waals surface area contributed by atoms with Crippen LogP contribution in [0.5, 0.6) is 5.75 Å². The summed E-state index contributed by atoms with van der Waals surface area (Å²) < 4.78 is 31.9. The van der Waals surface area contributed by atoms with Gasteiger partial charge in [0.2, 0.25) is 0 Å². The number of benzene rings is 2. The van der Waals surface area contributed by atoms with Gasteiger partial charge in [0, 0.05) is 50.4 Å². The van der Waals surface area contributed by atoms with Crippen LogP contribution >= 0.6 is 0 Å². The van der Waals surface area contributed by atoms with Crippen molar-refractivity contribution in [1.82, 2.24) is 15.1 Å². The first kappa shape index (κ1) is 27.1. The van der Waals surface area contributed by atoms with Gasteiger partial charge in [0.05, 0.1) is 24.5 Å². The Labute approximate surface area is 221 Å². The maximum Gasteiger partial charge on any atom is 0.277 e. The van der Waals surface area contributed by atoms with E-state index >= 15 is 0 Å². The van der Waals surface area contributed by atoms with Gasteiger partial charge in [-0.05, 0) is 55.8 Å². The molecule has 11 nitrogen and oxygen atoms in total. The number of nitrogens with one attached hydrogen (secondary N) is 1. The predicted octanol–water partition coefficient (Wildman–Crippen LogP) is 1.66. The lowest BCUT2D eigenvalue weighted by Gasteiger charge is -2.28. The van der Waals surface area contributed by atoms with Gasteiger partial charge in [-0.1, -0.05) is 0 Å². The van der Waals surface area contributed by atoms with Crippen LogP contribution in [-0.2, 0) is 16.3 Å². The van der Waals surface area contributed by atoms with E-state index in [9.17, 15) is 23.1 Å². The van der Waals surface area contributed by atoms with E-state index in [4.69, 9.17) is 4.74 Å². The number of ether oxygens (including phenoxy) is 1. The molecule has 1 atom stereocenters. The summed E-state index contributed by atoms with van der Waals surface area (Å²) in [5.41, 5.74) is 2.32. The number of amides is 2. The predicted molar refractivity (Wildman–Crippen MR) is 143 cm³/mol. The fourth-order valence-electron chi connectivity index (χ4n) is 4.32. The maximum absolute atomic E-state index is 13.9. The quantitative estimate of drug-likeness (QED) is 0.440. The molecule has 1 aliphatic heterocycles. The van der Waals surface area contributed by atoms with Gasteiger partial charge in [-0.3, -0.25) is 9.59 Å².